The Kier molecular flexibility index (Phi) is 4.73. The van der Waals surface area contributed by atoms with E-state index in [9.17, 15) is 0 Å². The van der Waals surface area contributed by atoms with Gasteiger partial charge >= 0.3 is 0 Å². The van der Waals surface area contributed by atoms with Crippen LogP contribution in [0.3, 0.4) is 0 Å². The fourth-order valence-corrected chi connectivity index (χ4v) is 2.40. The molecule has 0 aliphatic rings. The lowest BCUT2D eigenvalue weighted by molar-refractivity contribution is 0.321. The van der Waals surface area contributed by atoms with Gasteiger partial charge in [0.05, 0.1) is 17.3 Å². The van der Waals surface area contributed by atoms with Crippen LogP contribution in [0.2, 0.25) is 0 Å². The third-order valence-corrected chi connectivity index (χ3v) is 3.52. The largest absolute Gasteiger partial charge is 0.493 e. The molecular weight excluding hydrogens is 244 g/mol. The van der Waals surface area contributed by atoms with Crippen LogP contribution in [-0.4, -0.2) is 18.6 Å². The lowest BCUT2D eigenvalue weighted by Gasteiger charge is -2.04. The predicted octanol–water partition coefficient (Wildman–Crippen LogP) is 2.79. The summed E-state index contributed by atoms with van der Waals surface area (Å²) in [7, 11) is 1.93. The molecule has 0 amide bonds. The van der Waals surface area contributed by atoms with Crippen molar-refractivity contribution in [3.63, 3.8) is 0 Å². The van der Waals surface area contributed by atoms with Crippen LogP contribution in [0.1, 0.15) is 16.3 Å². The van der Waals surface area contributed by atoms with E-state index in [1.54, 1.807) is 11.3 Å². The molecule has 3 nitrogen and oxygen atoms in total. The average Bonchev–Trinajstić information content (AvgIpc) is 2.80. The first-order valence-electron chi connectivity index (χ1n) is 6.05. The van der Waals surface area contributed by atoms with Gasteiger partial charge in [-0.1, -0.05) is 17.7 Å². The fourth-order valence-electron chi connectivity index (χ4n) is 1.62. The number of nitrogens with one attached hydrogen (secondary N) is 1. The van der Waals surface area contributed by atoms with Crippen molar-refractivity contribution in [1.82, 2.24) is 10.3 Å². The molecule has 18 heavy (non-hydrogen) atoms. The monoisotopic (exact) mass is 262 g/mol. The predicted molar refractivity (Wildman–Crippen MR) is 75.3 cm³/mol. The molecule has 0 aliphatic carbocycles. The number of hydrogen-bond donors (Lipinski definition) is 1. The van der Waals surface area contributed by atoms with Gasteiger partial charge in [0, 0.05) is 18.3 Å². The van der Waals surface area contributed by atoms with Gasteiger partial charge < -0.3 is 10.1 Å². The summed E-state index contributed by atoms with van der Waals surface area (Å²) in [5.41, 5.74) is 2.35. The molecule has 0 bridgehead atoms. The Bertz CT molecular complexity index is 479. The van der Waals surface area contributed by atoms with Gasteiger partial charge in [0.1, 0.15) is 5.75 Å². The van der Waals surface area contributed by atoms with Crippen molar-refractivity contribution in [2.75, 3.05) is 13.7 Å². The van der Waals surface area contributed by atoms with Crippen molar-refractivity contribution in [1.29, 1.82) is 0 Å². The number of thiazole rings is 1. The first kappa shape index (κ1) is 13.1. The minimum Gasteiger partial charge on any atom is -0.493 e. The standard InChI is InChI=1S/C14H18N2OS/c1-11-3-5-13(6-4-11)17-8-7-14-16-12(9-15-2)10-18-14/h3-6,10,15H,7-9H2,1-2H3. The molecule has 0 unspecified atom stereocenters. The highest BCUT2D eigenvalue weighted by Gasteiger charge is 2.01. The second-order valence-corrected chi connectivity index (χ2v) is 5.12. The second-order valence-electron chi connectivity index (χ2n) is 4.17. The normalized spacial score (nSPS) is 10.6. The summed E-state index contributed by atoms with van der Waals surface area (Å²) in [6, 6.07) is 8.13. The Balaban J connectivity index is 1.79. The van der Waals surface area contributed by atoms with E-state index in [-0.39, 0.29) is 0 Å². The molecule has 1 aromatic heterocycles. The minimum atomic E-state index is 0.676. The molecule has 0 saturated carbocycles. The number of rotatable bonds is 6. The molecule has 1 N–H and O–H groups in total. The van der Waals surface area contributed by atoms with Crippen LogP contribution in [0.25, 0.3) is 0 Å². The topological polar surface area (TPSA) is 34.1 Å². The lowest BCUT2D eigenvalue weighted by Crippen LogP contribution is -2.06. The molecule has 1 aromatic carbocycles. The highest BCUT2D eigenvalue weighted by Crippen LogP contribution is 2.14. The molecule has 0 fully saturated rings. The Hall–Kier alpha value is -1.39. The Morgan fingerprint density at radius 2 is 2.06 bits per heavy atom. The van der Waals surface area contributed by atoms with Gasteiger partial charge in [-0.15, -0.1) is 11.3 Å². The summed E-state index contributed by atoms with van der Waals surface area (Å²) in [6.07, 6.45) is 0.863. The minimum absolute atomic E-state index is 0.676. The van der Waals surface area contributed by atoms with Crippen molar-refractivity contribution >= 4 is 11.3 Å². The van der Waals surface area contributed by atoms with Crippen LogP contribution in [0.5, 0.6) is 5.75 Å². The van der Waals surface area contributed by atoms with E-state index in [4.69, 9.17) is 4.74 Å². The summed E-state index contributed by atoms with van der Waals surface area (Å²) in [6.45, 7) is 3.58. The maximum Gasteiger partial charge on any atom is 0.119 e. The van der Waals surface area contributed by atoms with Crippen molar-refractivity contribution in [3.8, 4) is 5.75 Å². The first-order valence-corrected chi connectivity index (χ1v) is 6.93. The molecule has 0 saturated heterocycles. The van der Waals surface area contributed by atoms with Gasteiger partial charge in [0.15, 0.2) is 0 Å². The van der Waals surface area contributed by atoms with Crippen LogP contribution in [0.4, 0.5) is 0 Å². The highest BCUT2D eigenvalue weighted by atomic mass is 32.1. The van der Waals surface area contributed by atoms with Crippen molar-refractivity contribution in [2.45, 2.75) is 19.9 Å². The Morgan fingerprint density at radius 3 is 2.78 bits per heavy atom. The number of aromatic nitrogens is 1. The number of aryl methyl sites for hydroxylation is 1. The van der Waals surface area contributed by atoms with E-state index < -0.39 is 0 Å². The van der Waals surface area contributed by atoms with Crippen LogP contribution in [-0.2, 0) is 13.0 Å². The Morgan fingerprint density at radius 1 is 1.28 bits per heavy atom. The second kappa shape index (κ2) is 6.52. The van der Waals surface area contributed by atoms with Crippen molar-refractivity contribution in [3.05, 3.63) is 45.9 Å². The molecular formula is C14H18N2OS. The third kappa shape index (κ3) is 3.82. The molecule has 4 heteroatoms. The Labute approximate surface area is 112 Å². The van der Waals surface area contributed by atoms with Gasteiger partial charge in [0.25, 0.3) is 0 Å². The zero-order valence-electron chi connectivity index (χ0n) is 10.8. The SMILES string of the molecule is CNCc1csc(CCOc2ccc(C)cc2)n1. The average molecular weight is 262 g/mol. The highest BCUT2D eigenvalue weighted by molar-refractivity contribution is 7.09. The molecule has 2 aromatic rings. The van der Waals surface area contributed by atoms with Crippen LogP contribution >= 0.6 is 11.3 Å². The quantitative estimate of drug-likeness (QED) is 0.869. The van der Waals surface area contributed by atoms with E-state index in [2.05, 4.69) is 34.7 Å². The van der Waals surface area contributed by atoms with Gasteiger partial charge in [-0.25, -0.2) is 4.98 Å². The van der Waals surface area contributed by atoms with E-state index in [1.165, 1.54) is 5.56 Å². The van der Waals surface area contributed by atoms with E-state index in [1.807, 2.05) is 19.2 Å². The van der Waals surface area contributed by atoms with Gasteiger partial charge in [-0.3, -0.25) is 0 Å². The fraction of sp³-hybridized carbons (Fsp3) is 0.357. The van der Waals surface area contributed by atoms with Crippen LogP contribution in [0.15, 0.2) is 29.6 Å². The number of ether oxygens (including phenoxy) is 1. The smallest absolute Gasteiger partial charge is 0.119 e. The molecule has 0 atom stereocenters. The summed E-state index contributed by atoms with van der Waals surface area (Å²) in [5.74, 6) is 0.924. The molecule has 0 spiro atoms. The van der Waals surface area contributed by atoms with E-state index in [0.717, 1.165) is 29.4 Å². The molecule has 0 aliphatic heterocycles. The van der Waals surface area contributed by atoms with E-state index in [0.29, 0.717) is 6.61 Å². The summed E-state index contributed by atoms with van der Waals surface area (Å²) in [5, 5.41) is 6.32. The summed E-state index contributed by atoms with van der Waals surface area (Å²) < 4.78 is 5.69. The molecule has 1 heterocycles. The molecule has 2 rings (SSSR count). The van der Waals surface area contributed by atoms with Crippen LogP contribution < -0.4 is 10.1 Å². The van der Waals surface area contributed by atoms with Gasteiger partial charge in [0.2, 0.25) is 0 Å². The maximum absolute atomic E-state index is 5.69. The zero-order valence-corrected chi connectivity index (χ0v) is 11.6. The lowest BCUT2D eigenvalue weighted by atomic mass is 10.2. The van der Waals surface area contributed by atoms with Crippen LogP contribution in [0, 0.1) is 6.92 Å². The number of benzene rings is 1. The van der Waals surface area contributed by atoms with Crippen molar-refractivity contribution < 1.29 is 4.74 Å². The van der Waals surface area contributed by atoms with E-state index >= 15 is 0 Å². The van der Waals surface area contributed by atoms with Gasteiger partial charge in [-0.2, -0.15) is 0 Å². The first-order chi connectivity index (χ1) is 8.78. The summed E-state index contributed by atoms with van der Waals surface area (Å²) >= 11 is 1.70. The number of nitrogens with zero attached hydrogens (tertiary/aromatic N) is 1. The summed E-state index contributed by atoms with van der Waals surface area (Å²) in [4.78, 5) is 4.52. The maximum atomic E-state index is 5.69. The van der Waals surface area contributed by atoms with Gasteiger partial charge in [-0.05, 0) is 26.1 Å². The van der Waals surface area contributed by atoms with Crippen molar-refractivity contribution in [2.24, 2.45) is 0 Å². The number of hydrogen-bond acceptors (Lipinski definition) is 4. The zero-order chi connectivity index (χ0) is 12.8. The molecule has 0 radical (unpaired) electrons. The molecule has 96 valence electrons. The third-order valence-electron chi connectivity index (χ3n) is 2.56.